The quantitative estimate of drug-likeness (QED) is 0.805. The molecule has 0 fully saturated rings. The molecule has 1 N–H and O–H groups in total. The summed E-state index contributed by atoms with van der Waals surface area (Å²) >= 11 is 0. The Bertz CT molecular complexity index is 862. The largest absolute Gasteiger partial charge is 0.264 e. The standard InChI is InChI=1S/C16H14N2O2S/c19-21(20,18-11-13-4-2-1-3-5-13)16-7-6-15-12-17-9-8-14(15)10-16/h1-10,12,18H,11H2. The van der Waals surface area contributed by atoms with Gasteiger partial charge in [0.2, 0.25) is 10.0 Å². The normalized spacial score (nSPS) is 11.6. The van der Waals surface area contributed by atoms with E-state index < -0.39 is 10.0 Å². The highest BCUT2D eigenvalue weighted by Crippen LogP contribution is 2.18. The molecule has 0 unspecified atom stereocenters. The SMILES string of the molecule is O=S(=O)(NCc1ccccc1)c1ccc2cnccc2c1. The first-order valence-corrected chi connectivity index (χ1v) is 8.01. The van der Waals surface area contributed by atoms with Gasteiger partial charge in [0.15, 0.2) is 0 Å². The maximum atomic E-state index is 12.3. The van der Waals surface area contributed by atoms with E-state index in [1.807, 2.05) is 30.3 Å². The van der Waals surface area contributed by atoms with Crippen molar-refractivity contribution in [3.05, 3.63) is 72.6 Å². The molecule has 5 heteroatoms. The number of aromatic nitrogens is 1. The second-order valence-electron chi connectivity index (χ2n) is 4.69. The van der Waals surface area contributed by atoms with Gasteiger partial charge in [0, 0.05) is 24.3 Å². The first-order chi connectivity index (χ1) is 10.1. The lowest BCUT2D eigenvalue weighted by molar-refractivity contribution is 0.581. The summed E-state index contributed by atoms with van der Waals surface area (Å²) in [7, 11) is -3.52. The number of benzene rings is 2. The molecule has 4 nitrogen and oxygen atoms in total. The van der Waals surface area contributed by atoms with Gasteiger partial charge in [-0.25, -0.2) is 13.1 Å². The van der Waals surface area contributed by atoms with Gasteiger partial charge in [-0.1, -0.05) is 36.4 Å². The average molecular weight is 298 g/mol. The van der Waals surface area contributed by atoms with Crippen LogP contribution in [0.5, 0.6) is 0 Å². The van der Waals surface area contributed by atoms with Gasteiger partial charge < -0.3 is 0 Å². The van der Waals surface area contributed by atoms with E-state index in [1.165, 1.54) is 0 Å². The molecule has 0 amide bonds. The van der Waals surface area contributed by atoms with Gasteiger partial charge in [-0.2, -0.15) is 0 Å². The maximum Gasteiger partial charge on any atom is 0.240 e. The second kappa shape index (κ2) is 5.63. The molecular formula is C16H14N2O2S. The molecular weight excluding hydrogens is 284 g/mol. The van der Waals surface area contributed by atoms with Crippen LogP contribution >= 0.6 is 0 Å². The van der Waals surface area contributed by atoms with Gasteiger partial charge in [-0.05, 0) is 29.1 Å². The average Bonchev–Trinajstić information content (AvgIpc) is 2.53. The number of fused-ring (bicyclic) bond motifs is 1. The number of nitrogens with one attached hydrogen (secondary N) is 1. The van der Waals surface area contributed by atoms with Crippen LogP contribution in [0.1, 0.15) is 5.56 Å². The van der Waals surface area contributed by atoms with E-state index in [4.69, 9.17) is 0 Å². The Labute approximate surface area is 123 Å². The summed E-state index contributed by atoms with van der Waals surface area (Å²) < 4.78 is 27.3. The van der Waals surface area contributed by atoms with E-state index in [0.717, 1.165) is 16.3 Å². The van der Waals surface area contributed by atoms with Crippen LogP contribution in [-0.2, 0) is 16.6 Å². The number of nitrogens with zero attached hydrogens (tertiary/aromatic N) is 1. The molecule has 0 aliphatic carbocycles. The summed E-state index contributed by atoms with van der Waals surface area (Å²) in [6.07, 6.45) is 3.36. The molecule has 0 saturated carbocycles. The van der Waals surface area contributed by atoms with Gasteiger partial charge in [-0.15, -0.1) is 0 Å². The predicted octanol–water partition coefficient (Wildman–Crippen LogP) is 2.71. The zero-order chi connectivity index (χ0) is 14.7. The molecule has 0 aliphatic heterocycles. The number of hydrogen-bond acceptors (Lipinski definition) is 3. The first kappa shape index (κ1) is 13.7. The van der Waals surface area contributed by atoms with E-state index in [0.29, 0.717) is 0 Å². The number of rotatable bonds is 4. The van der Waals surface area contributed by atoms with Crippen molar-refractivity contribution in [3.8, 4) is 0 Å². The van der Waals surface area contributed by atoms with Crippen molar-refractivity contribution < 1.29 is 8.42 Å². The first-order valence-electron chi connectivity index (χ1n) is 6.52. The lowest BCUT2D eigenvalue weighted by Gasteiger charge is -2.08. The monoisotopic (exact) mass is 298 g/mol. The van der Waals surface area contributed by atoms with E-state index in [2.05, 4.69) is 9.71 Å². The number of pyridine rings is 1. The van der Waals surface area contributed by atoms with Crippen molar-refractivity contribution in [3.63, 3.8) is 0 Å². The Hall–Kier alpha value is -2.24. The molecule has 0 bridgehead atoms. The smallest absolute Gasteiger partial charge is 0.240 e. The fourth-order valence-electron chi connectivity index (χ4n) is 2.09. The summed E-state index contributed by atoms with van der Waals surface area (Å²) in [4.78, 5) is 4.28. The van der Waals surface area contributed by atoms with Gasteiger partial charge in [0.05, 0.1) is 4.90 Å². The Morgan fingerprint density at radius 3 is 2.57 bits per heavy atom. The molecule has 1 aromatic heterocycles. The summed E-state index contributed by atoms with van der Waals surface area (Å²) in [6.45, 7) is 0.275. The zero-order valence-corrected chi connectivity index (χ0v) is 12.0. The lowest BCUT2D eigenvalue weighted by Crippen LogP contribution is -2.23. The zero-order valence-electron chi connectivity index (χ0n) is 11.2. The fraction of sp³-hybridized carbons (Fsp3) is 0.0625. The highest BCUT2D eigenvalue weighted by atomic mass is 32.2. The van der Waals surface area contributed by atoms with Crippen LogP contribution in [0, 0.1) is 0 Å². The molecule has 21 heavy (non-hydrogen) atoms. The van der Waals surface area contributed by atoms with Gasteiger partial charge >= 0.3 is 0 Å². The number of hydrogen-bond donors (Lipinski definition) is 1. The van der Waals surface area contributed by atoms with Crippen LogP contribution in [0.25, 0.3) is 10.8 Å². The minimum absolute atomic E-state index is 0.261. The molecule has 0 radical (unpaired) electrons. The van der Waals surface area contributed by atoms with Crippen molar-refractivity contribution >= 4 is 20.8 Å². The minimum atomic E-state index is -3.52. The van der Waals surface area contributed by atoms with E-state index in [1.54, 1.807) is 36.7 Å². The van der Waals surface area contributed by atoms with E-state index in [-0.39, 0.29) is 11.4 Å². The van der Waals surface area contributed by atoms with Crippen LogP contribution in [0.4, 0.5) is 0 Å². The van der Waals surface area contributed by atoms with E-state index >= 15 is 0 Å². The third-order valence-corrected chi connectivity index (χ3v) is 4.63. The molecule has 0 saturated heterocycles. The Balaban J connectivity index is 1.86. The summed E-state index contributed by atoms with van der Waals surface area (Å²) in [5.74, 6) is 0. The van der Waals surface area contributed by atoms with Crippen LogP contribution in [0.3, 0.4) is 0 Å². The Morgan fingerprint density at radius 1 is 0.952 bits per heavy atom. The molecule has 0 aliphatic rings. The van der Waals surface area contributed by atoms with Crippen molar-refractivity contribution in [2.45, 2.75) is 11.4 Å². The van der Waals surface area contributed by atoms with Gasteiger partial charge in [0.1, 0.15) is 0 Å². The Morgan fingerprint density at radius 2 is 1.76 bits per heavy atom. The molecule has 2 aromatic carbocycles. The number of sulfonamides is 1. The van der Waals surface area contributed by atoms with Crippen molar-refractivity contribution in [1.82, 2.24) is 9.71 Å². The second-order valence-corrected chi connectivity index (χ2v) is 6.46. The van der Waals surface area contributed by atoms with Crippen LogP contribution < -0.4 is 4.72 Å². The topological polar surface area (TPSA) is 59.1 Å². The molecule has 3 aromatic rings. The third kappa shape index (κ3) is 3.09. The predicted molar refractivity (Wildman–Crippen MR) is 82.2 cm³/mol. The van der Waals surface area contributed by atoms with Gasteiger partial charge in [-0.3, -0.25) is 4.98 Å². The maximum absolute atomic E-state index is 12.3. The summed E-state index contributed by atoms with van der Waals surface area (Å²) in [5.41, 5.74) is 0.922. The van der Waals surface area contributed by atoms with Crippen LogP contribution in [0.2, 0.25) is 0 Å². The summed E-state index contributed by atoms with van der Waals surface area (Å²) in [5, 5.41) is 1.77. The van der Waals surface area contributed by atoms with Crippen molar-refractivity contribution in [1.29, 1.82) is 0 Å². The molecule has 0 atom stereocenters. The van der Waals surface area contributed by atoms with E-state index in [9.17, 15) is 8.42 Å². The third-order valence-electron chi connectivity index (χ3n) is 3.23. The van der Waals surface area contributed by atoms with Crippen LogP contribution in [-0.4, -0.2) is 13.4 Å². The molecule has 106 valence electrons. The molecule has 1 heterocycles. The van der Waals surface area contributed by atoms with Crippen molar-refractivity contribution in [2.75, 3.05) is 0 Å². The minimum Gasteiger partial charge on any atom is -0.264 e. The highest BCUT2D eigenvalue weighted by molar-refractivity contribution is 7.89. The lowest BCUT2D eigenvalue weighted by atomic mass is 10.2. The highest BCUT2D eigenvalue weighted by Gasteiger charge is 2.13. The van der Waals surface area contributed by atoms with Gasteiger partial charge in [0.25, 0.3) is 0 Å². The molecule has 0 spiro atoms. The molecule has 3 rings (SSSR count). The van der Waals surface area contributed by atoms with Crippen molar-refractivity contribution in [2.24, 2.45) is 0 Å². The Kier molecular flexibility index (Phi) is 3.68. The fourth-order valence-corrected chi connectivity index (χ4v) is 3.14. The summed E-state index contributed by atoms with van der Waals surface area (Å²) in [6, 6.07) is 16.2. The van der Waals surface area contributed by atoms with Crippen LogP contribution in [0.15, 0.2) is 71.9 Å².